The molecular weight excluding hydrogens is 342 g/mol. The summed E-state index contributed by atoms with van der Waals surface area (Å²) in [4.78, 5) is 25.2. The van der Waals surface area contributed by atoms with Gasteiger partial charge in [0.15, 0.2) is 0 Å². The predicted octanol–water partition coefficient (Wildman–Crippen LogP) is 2.93. The van der Waals surface area contributed by atoms with Crippen LogP contribution in [0.4, 0.5) is 4.79 Å². The van der Waals surface area contributed by atoms with Crippen LogP contribution in [-0.2, 0) is 11.2 Å². The van der Waals surface area contributed by atoms with E-state index in [2.05, 4.69) is 5.32 Å². The minimum atomic E-state index is -0.456. The first kappa shape index (κ1) is 18.8. The van der Waals surface area contributed by atoms with Crippen molar-refractivity contribution in [2.75, 3.05) is 19.6 Å². The van der Waals surface area contributed by atoms with Gasteiger partial charge in [-0.05, 0) is 49.1 Å². The molecule has 1 aliphatic rings. The van der Waals surface area contributed by atoms with Gasteiger partial charge in [0, 0.05) is 19.6 Å². The Balaban J connectivity index is 1.48. The topological polar surface area (TPSA) is 84.7 Å². The van der Waals surface area contributed by atoms with E-state index in [0.29, 0.717) is 26.1 Å². The Labute approximate surface area is 159 Å². The number of piperidine rings is 1. The Morgan fingerprint density at radius 1 is 1.11 bits per heavy atom. The van der Waals surface area contributed by atoms with Crippen LogP contribution in [0, 0.1) is 5.92 Å². The molecule has 2 aromatic rings. The summed E-state index contributed by atoms with van der Waals surface area (Å²) in [5, 5.41) is 2.97. The summed E-state index contributed by atoms with van der Waals surface area (Å²) in [5.74, 6) is 1.37. The number of benzene rings is 2. The number of urea groups is 1. The van der Waals surface area contributed by atoms with Crippen molar-refractivity contribution in [2.45, 2.75) is 19.3 Å². The maximum absolute atomic E-state index is 12.3. The zero-order chi connectivity index (χ0) is 19.1. The Bertz CT molecular complexity index is 779. The summed E-state index contributed by atoms with van der Waals surface area (Å²) in [6.07, 6.45) is 2.31. The minimum absolute atomic E-state index is 0.0161. The zero-order valence-corrected chi connectivity index (χ0v) is 15.3. The highest BCUT2D eigenvalue weighted by Crippen LogP contribution is 2.22. The molecule has 6 nitrogen and oxygen atoms in total. The van der Waals surface area contributed by atoms with E-state index < -0.39 is 6.03 Å². The number of rotatable bonds is 6. The quantitative estimate of drug-likeness (QED) is 0.823. The zero-order valence-electron chi connectivity index (χ0n) is 15.3. The maximum atomic E-state index is 12.3. The van der Waals surface area contributed by atoms with Gasteiger partial charge in [0.25, 0.3) is 0 Å². The summed E-state index contributed by atoms with van der Waals surface area (Å²) in [6.45, 7) is 1.58. The van der Waals surface area contributed by atoms with Crippen LogP contribution >= 0.6 is 0 Å². The van der Waals surface area contributed by atoms with E-state index in [1.165, 1.54) is 4.90 Å². The van der Waals surface area contributed by atoms with E-state index in [1.54, 1.807) is 0 Å². The smallest absolute Gasteiger partial charge is 0.314 e. The van der Waals surface area contributed by atoms with E-state index in [4.69, 9.17) is 10.5 Å². The molecule has 1 fully saturated rings. The highest BCUT2D eigenvalue weighted by molar-refractivity contribution is 5.80. The average molecular weight is 367 g/mol. The predicted molar refractivity (Wildman–Crippen MR) is 104 cm³/mol. The first-order valence-corrected chi connectivity index (χ1v) is 9.26. The molecule has 2 aromatic carbocycles. The fraction of sp³-hybridized carbons (Fsp3) is 0.333. The number of nitrogens with zero attached hydrogens (tertiary/aromatic N) is 1. The van der Waals surface area contributed by atoms with Crippen molar-refractivity contribution in [1.29, 1.82) is 0 Å². The summed E-state index contributed by atoms with van der Waals surface area (Å²) in [6, 6.07) is 17.0. The highest BCUT2D eigenvalue weighted by Gasteiger charge is 2.27. The number of nitrogens with one attached hydrogen (secondary N) is 1. The average Bonchev–Trinajstić information content (AvgIpc) is 2.69. The molecule has 0 aliphatic carbocycles. The van der Waals surface area contributed by atoms with Gasteiger partial charge in [0.05, 0.1) is 5.92 Å². The molecule has 0 bridgehead atoms. The van der Waals surface area contributed by atoms with Gasteiger partial charge in [-0.1, -0.05) is 30.3 Å². The number of carbonyl (C=O) groups excluding carboxylic acids is 2. The van der Waals surface area contributed by atoms with Crippen LogP contribution in [0.1, 0.15) is 18.4 Å². The number of hydrogen-bond acceptors (Lipinski definition) is 3. The Kier molecular flexibility index (Phi) is 6.30. The third-order valence-electron chi connectivity index (χ3n) is 4.69. The second kappa shape index (κ2) is 9.07. The molecule has 1 saturated heterocycles. The highest BCUT2D eigenvalue weighted by atomic mass is 16.5. The molecule has 1 heterocycles. The van der Waals surface area contributed by atoms with Crippen LogP contribution in [0.25, 0.3) is 0 Å². The lowest BCUT2D eigenvalue weighted by Crippen LogP contribution is -2.47. The van der Waals surface area contributed by atoms with Crippen molar-refractivity contribution in [3.8, 4) is 11.5 Å². The SMILES string of the molecule is NC(=O)N1CCC[C@H](C(=O)NCCc2cccc(Oc3ccccc3)c2)C1. The molecule has 0 spiro atoms. The van der Waals surface area contributed by atoms with Gasteiger partial charge in [-0.25, -0.2) is 4.79 Å². The van der Waals surface area contributed by atoms with Crippen molar-refractivity contribution in [3.05, 3.63) is 60.2 Å². The van der Waals surface area contributed by atoms with Crippen molar-refractivity contribution in [3.63, 3.8) is 0 Å². The molecule has 0 aromatic heterocycles. The van der Waals surface area contributed by atoms with Gasteiger partial charge >= 0.3 is 6.03 Å². The van der Waals surface area contributed by atoms with E-state index in [-0.39, 0.29) is 11.8 Å². The summed E-state index contributed by atoms with van der Waals surface area (Å²) >= 11 is 0. The number of carbonyl (C=O) groups is 2. The number of ether oxygens (including phenoxy) is 1. The Hall–Kier alpha value is -3.02. The Morgan fingerprint density at radius 3 is 2.67 bits per heavy atom. The molecule has 6 heteroatoms. The summed E-state index contributed by atoms with van der Waals surface area (Å²) < 4.78 is 5.84. The minimum Gasteiger partial charge on any atom is -0.457 e. The molecular formula is C21H25N3O3. The van der Waals surface area contributed by atoms with Crippen LogP contribution in [0.2, 0.25) is 0 Å². The monoisotopic (exact) mass is 367 g/mol. The summed E-state index contributed by atoms with van der Waals surface area (Å²) in [5.41, 5.74) is 6.41. The number of primary amides is 1. The fourth-order valence-electron chi connectivity index (χ4n) is 3.25. The number of amides is 3. The van der Waals surface area contributed by atoms with Crippen molar-refractivity contribution in [2.24, 2.45) is 11.7 Å². The molecule has 1 atom stereocenters. The Morgan fingerprint density at radius 2 is 1.89 bits per heavy atom. The third kappa shape index (κ3) is 5.48. The number of hydrogen-bond donors (Lipinski definition) is 2. The van der Waals surface area contributed by atoms with Crippen molar-refractivity contribution < 1.29 is 14.3 Å². The normalized spacial score (nSPS) is 16.6. The van der Waals surface area contributed by atoms with Gasteiger partial charge in [0.2, 0.25) is 5.91 Å². The molecule has 0 unspecified atom stereocenters. The van der Waals surface area contributed by atoms with E-state index in [1.807, 2.05) is 54.6 Å². The van der Waals surface area contributed by atoms with Gasteiger partial charge in [-0.15, -0.1) is 0 Å². The first-order chi connectivity index (χ1) is 13.1. The lowest BCUT2D eigenvalue weighted by atomic mass is 9.97. The fourth-order valence-corrected chi connectivity index (χ4v) is 3.25. The van der Waals surface area contributed by atoms with Crippen LogP contribution in [0.15, 0.2) is 54.6 Å². The molecule has 3 amide bonds. The largest absolute Gasteiger partial charge is 0.457 e. The van der Waals surface area contributed by atoms with Crippen LogP contribution in [0.5, 0.6) is 11.5 Å². The molecule has 3 N–H and O–H groups in total. The molecule has 1 aliphatic heterocycles. The number of para-hydroxylation sites is 1. The van der Waals surface area contributed by atoms with E-state index >= 15 is 0 Å². The second-order valence-electron chi connectivity index (χ2n) is 6.73. The standard InChI is InChI=1S/C21H25N3O3/c22-21(26)24-13-5-7-17(15-24)20(25)23-12-11-16-6-4-10-19(14-16)27-18-8-2-1-3-9-18/h1-4,6,8-10,14,17H,5,7,11-13,15H2,(H2,22,26)(H,23,25)/t17-/m0/s1. The van der Waals surface area contributed by atoms with Crippen LogP contribution in [0.3, 0.4) is 0 Å². The molecule has 0 saturated carbocycles. The van der Waals surface area contributed by atoms with Gasteiger partial charge in [-0.3, -0.25) is 4.79 Å². The van der Waals surface area contributed by atoms with E-state index in [9.17, 15) is 9.59 Å². The third-order valence-corrected chi connectivity index (χ3v) is 4.69. The van der Waals surface area contributed by atoms with Gasteiger partial charge in [-0.2, -0.15) is 0 Å². The maximum Gasteiger partial charge on any atom is 0.314 e. The van der Waals surface area contributed by atoms with Gasteiger partial charge in [0.1, 0.15) is 11.5 Å². The van der Waals surface area contributed by atoms with Crippen LogP contribution < -0.4 is 15.8 Å². The van der Waals surface area contributed by atoms with Crippen LogP contribution in [-0.4, -0.2) is 36.5 Å². The summed E-state index contributed by atoms with van der Waals surface area (Å²) in [7, 11) is 0. The van der Waals surface area contributed by atoms with E-state index in [0.717, 1.165) is 29.9 Å². The lowest BCUT2D eigenvalue weighted by molar-refractivity contribution is -0.126. The number of nitrogens with two attached hydrogens (primary N) is 1. The van der Waals surface area contributed by atoms with Crippen molar-refractivity contribution in [1.82, 2.24) is 10.2 Å². The van der Waals surface area contributed by atoms with Gasteiger partial charge < -0.3 is 20.7 Å². The molecule has 0 radical (unpaired) electrons. The second-order valence-corrected chi connectivity index (χ2v) is 6.73. The number of likely N-dealkylation sites (tertiary alicyclic amines) is 1. The molecule has 27 heavy (non-hydrogen) atoms. The van der Waals surface area contributed by atoms with Crippen molar-refractivity contribution >= 4 is 11.9 Å². The molecule has 3 rings (SSSR count). The first-order valence-electron chi connectivity index (χ1n) is 9.26. The molecule has 142 valence electrons. The lowest BCUT2D eigenvalue weighted by Gasteiger charge is -2.30.